The summed E-state index contributed by atoms with van der Waals surface area (Å²) < 4.78 is 0.241. The molecule has 4 nitrogen and oxygen atoms in total. The zero-order chi connectivity index (χ0) is 17.1. The third-order valence-electron chi connectivity index (χ3n) is 3.27. The molecule has 1 aliphatic heterocycles. The van der Waals surface area contributed by atoms with Gasteiger partial charge in [-0.05, 0) is 36.1 Å². The van der Waals surface area contributed by atoms with Crippen molar-refractivity contribution in [1.82, 2.24) is 4.90 Å². The largest absolute Gasteiger partial charge is 0.548 e. The van der Waals surface area contributed by atoms with Crippen LogP contribution >= 0.6 is 35.6 Å². The van der Waals surface area contributed by atoms with Gasteiger partial charge in [0.2, 0.25) is 0 Å². The Morgan fingerprint density at radius 3 is 2.52 bits per heavy atom. The van der Waals surface area contributed by atoms with Crippen molar-refractivity contribution in [2.24, 2.45) is 5.92 Å². The van der Waals surface area contributed by atoms with Gasteiger partial charge < -0.3 is 9.90 Å². The van der Waals surface area contributed by atoms with E-state index in [1.165, 1.54) is 0 Å². The monoisotopic (exact) mass is 368 g/mol. The van der Waals surface area contributed by atoms with E-state index in [2.05, 4.69) is 0 Å². The van der Waals surface area contributed by atoms with Gasteiger partial charge in [-0.3, -0.25) is 9.69 Å². The van der Waals surface area contributed by atoms with E-state index >= 15 is 0 Å². The summed E-state index contributed by atoms with van der Waals surface area (Å²) in [6.07, 6.45) is 1.97. The number of carbonyl (C=O) groups excluding carboxylic acids is 2. The van der Waals surface area contributed by atoms with Gasteiger partial charge in [-0.25, -0.2) is 0 Å². The molecular weight excluding hydrogens is 354 g/mol. The Balaban J connectivity index is 2.28. The maximum absolute atomic E-state index is 12.5. The number of carbonyl (C=O) groups is 2. The van der Waals surface area contributed by atoms with Crippen LogP contribution in [0.2, 0.25) is 5.02 Å². The van der Waals surface area contributed by atoms with Gasteiger partial charge in [0.1, 0.15) is 4.32 Å². The molecule has 1 fully saturated rings. The van der Waals surface area contributed by atoms with Crippen LogP contribution < -0.4 is 5.11 Å². The van der Waals surface area contributed by atoms with Gasteiger partial charge in [-0.15, -0.1) is 0 Å². The predicted molar refractivity (Wildman–Crippen MR) is 94.7 cm³/mol. The molecule has 122 valence electrons. The van der Waals surface area contributed by atoms with Gasteiger partial charge in [0.15, 0.2) is 0 Å². The first kappa shape index (κ1) is 18.0. The van der Waals surface area contributed by atoms with Crippen LogP contribution in [0.25, 0.3) is 6.08 Å². The number of aliphatic carboxylic acids is 1. The first-order valence-electron chi connectivity index (χ1n) is 7.03. The van der Waals surface area contributed by atoms with Crippen molar-refractivity contribution in [2.45, 2.75) is 26.3 Å². The smallest absolute Gasteiger partial charge is 0.266 e. The van der Waals surface area contributed by atoms with Crippen LogP contribution in [0.15, 0.2) is 29.2 Å². The molecule has 0 aliphatic carbocycles. The van der Waals surface area contributed by atoms with Gasteiger partial charge in [-0.1, -0.05) is 61.6 Å². The van der Waals surface area contributed by atoms with E-state index in [0.717, 1.165) is 22.2 Å². The molecule has 2 rings (SSSR count). The second kappa shape index (κ2) is 7.47. The molecule has 0 spiro atoms. The Morgan fingerprint density at radius 1 is 1.39 bits per heavy atom. The maximum Gasteiger partial charge on any atom is 0.266 e. The molecule has 1 heterocycles. The molecular formula is C16H15ClNO3S2-. The topological polar surface area (TPSA) is 60.4 Å². The molecule has 1 aliphatic rings. The molecule has 1 saturated heterocycles. The number of benzene rings is 1. The molecule has 0 saturated carbocycles. The second-order valence-electron chi connectivity index (χ2n) is 5.57. The van der Waals surface area contributed by atoms with E-state index in [1.54, 1.807) is 30.3 Å². The molecule has 0 N–H and O–H groups in total. The minimum Gasteiger partial charge on any atom is -0.548 e. The van der Waals surface area contributed by atoms with Gasteiger partial charge >= 0.3 is 0 Å². The van der Waals surface area contributed by atoms with Crippen LogP contribution in [0.5, 0.6) is 0 Å². The molecule has 7 heteroatoms. The maximum atomic E-state index is 12.5. The number of nitrogens with zero attached hydrogens (tertiary/aromatic N) is 1. The van der Waals surface area contributed by atoms with Crippen molar-refractivity contribution >= 4 is 57.9 Å². The molecule has 0 unspecified atom stereocenters. The number of carboxylic acids is 1. The average Bonchev–Trinajstić information content (AvgIpc) is 2.73. The quantitative estimate of drug-likeness (QED) is 0.590. The van der Waals surface area contributed by atoms with Crippen molar-refractivity contribution in [3.63, 3.8) is 0 Å². The van der Waals surface area contributed by atoms with Gasteiger partial charge in [-0.2, -0.15) is 0 Å². The van der Waals surface area contributed by atoms with E-state index in [1.807, 2.05) is 13.8 Å². The fourth-order valence-electron chi connectivity index (χ4n) is 2.21. The molecule has 0 bridgehead atoms. The van der Waals surface area contributed by atoms with Gasteiger partial charge in [0, 0.05) is 5.02 Å². The summed E-state index contributed by atoms with van der Waals surface area (Å²) in [6.45, 7) is 3.77. The van der Waals surface area contributed by atoms with Gasteiger partial charge in [0.25, 0.3) is 5.91 Å². The van der Waals surface area contributed by atoms with E-state index in [0.29, 0.717) is 16.3 Å². The lowest BCUT2D eigenvalue weighted by Gasteiger charge is -2.28. The van der Waals surface area contributed by atoms with Crippen LogP contribution in [0.4, 0.5) is 0 Å². The fourth-order valence-corrected chi connectivity index (χ4v) is 3.70. The minimum absolute atomic E-state index is 0.0998. The third kappa shape index (κ3) is 4.34. The highest BCUT2D eigenvalue weighted by Gasteiger charge is 2.37. The van der Waals surface area contributed by atoms with Gasteiger partial charge in [0.05, 0.1) is 16.9 Å². The van der Waals surface area contributed by atoms with Crippen molar-refractivity contribution in [2.75, 3.05) is 0 Å². The van der Waals surface area contributed by atoms with Crippen LogP contribution in [0, 0.1) is 5.92 Å². The normalized spacial score (nSPS) is 18.1. The Hall–Kier alpha value is -1.37. The zero-order valence-corrected chi connectivity index (χ0v) is 15.0. The number of thiocarbonyl (C=S) groups is 1. The Kier molecular flexibility index (Phi) is 5.84. The molecule has 0 radical (unpaired) electrons. The summed E-state index contributed by atoms with van der Waals surface area (Å²) in [5.74, 6) is -1.59. The highest BCUT2D eigenvalue weighted by Crippen LogP contribution is 2.35. The Bertz CT molecular complexity index is 670. The van der Waals surface area contributed by atoms with Crippen molar-refractivity contribution in [1.29, 1.82) is 0 Å². The predicted octanol–water partition coefficient (Wildman–Crippen LogP) is 2.71. The number of carboxylic acid groups (broad SMARTS) is 1. The summed E-state index contributed by atoms with van der Waals surface area (Å²) in [6, 6.07) is 5.95. The second-order valence-corrected chi connectivity index (χ2v) is 7.68. The minimum atomic E-state index is -1.29. The lowest BCUT2D eigenvalue weighted by molar-refractivity contribution is -0.310. The van der Waals surface area contributed by atoms with Crippen LogP contribution in [0.3, 0.4) is 0 Å². The number of hydrogen-bond acceptors (Lipinski definition) is 5. The summed E-state index contributed by atoms with van der Waals surface area (Å²) >= 11 is 12.1. The number of rotatable bonds is 5. The van der Waals surface area contributed by atoms with E-state index in [9.17, 15) is 14.7 Å². The highest BCUT2D eigenvalue weighted by molar-refractivity contribution is 8.26. The number of thioether (sulfide) groups is 1. The van der Waals surface area contributed by atoms with Crippen LogP contribution in [-0.4, -0.2) is 27.1 Å². The lowest BCUT2D eigenvalue weighted by atomic mass is 10.0. The number of hydrogen-bond donors (Lipinski definition) is 0. The summed E-state index contributed by atoms with van der Waals surface area (Å²) in [7, 11) is 0. The molecule has 1 aromatic rings. The number of amides is 1. The van der Waals surface area contributed by atoms with Crippen LogP contribution in [0.1, 0.15) is 25.8 Å². The first-order chi connectivity index (χ1) is 10.8. The van der Waals surface area contributed by atoms with Crippen molar-refractivity contribution in [3.8, 4) is 0 Å². The standard InChI is InChI=1S/C16H16ClNO3S2/c1-9(2)7-12(15(20)21)18-14(19)13(23-16(18)22)8-10-3-5-11(17)6-4-10/h3-6,8-9,12H,7H2,1-2H3,(H,20,21)/p-1/b13-8-/t12-/m1/s1. The molecule has 0 aromatic heterocycles. The molecule has 1 aromatic carbocycles. The number of halogens is 1. The fraction of sp³-hybridized carbons (Fsp3) is 0.312. The SMILES string of the molecule is CC(C)C[C@H](C(=O)[O-])N1C(=O)/C(=C/c2ccc(Cl)cc2)SC1=S. The van der Waals surface area contributed by atoms with Crippen molar-refractivity contribution in [3.05, 3.63) is 39.8 Å². The van der Waals surface area contributed by atoms with Crippen molar-refractivity contribution < 1.29 is 14.7 Å². The lowest BCUT2D eigenvalue weighted by Crippen LogP contribution is -2.50. The zero-order valence-electron chi connectivity index (χ0n) is 12.6. The molecule has 23 heavy (non-hydrogen) atoms. The summed E-state index contributed by atoms with van der Waals surface area (Å²) in [5, 5.41) is 12.0. The average molecular weight is 369 g/mol. The highest BCUT2D eigenvalue weighted by atomic mass is 35.5. The summed E-state index contributed by atoms with van der Waals surface area (Å²) in [4.78, 5) is 25.5. The third-order valence-corrected chi connectivity index (χ3v) is 4.85. The first-order valence-corrected chi connectivity index (χ1v) is 8.63. The van der Waals surface area contributed by atoms with E-state index in [-0.39, 0.29) is 10.2 Å². The molecule has 1 atom stereocenters. The Labute approximate surface area is 149 Å². The summed E-state index contributed by atoms with van der Waals surface area (Å²) in [5.41, 5.74) is 0.795. The van der Waals surface area contributed by atoms with E-state index < -0.39 is 17.9 Å². The molecule has 1 amide bonds. The Morgan fingerprint density at radius 2 is 2.00 bits per heavy atom. The van der Waals surface area contributed by atoms with Crippen LogP contribution in [-0.2, 0) is 9.59 Å². The van der Waals surface area contributed by atoms with E-state index in [4.69, 9.17) is 23.8 Å².